The number of phenolic OH excluding ortho intramolecular Hbond substituents is 2. The minimum absolute atomic E-state index is 0. The number of rotatable bonds is 3. The normalized spacial score (nSPS) is 9.31. The van der Waals surface area contributed by atoms with Gasteiger partial charge in [-0.3, -0.25) is 0 Å². The summed E-state index contributed by atoms with van der Waals surface area (Å²) in [7, 11) is 0. The molecule has 1 aromatic rings. The van der Waals surface area contributed by atoms with Crippen LogP contribution in [0.1, 0.15) is 5.56 Å². The molecule has 0 fully saturated rings. The van der Waals surface area contributed by atoms with Crippen LogP contribution in [0.2, 0.25) is 0 Å². The van der Waals surface area contributed by atoms with Gasteiger partial charge in [-0.05, 0) is 37.1 Å². The van der Waals surface area contributed by atoms with Crippen molar-refractivity contribution in [2.75, 3.05) is 6.54 Å². The number of aromatic hydroxyl groups is 2. The summed E-state index contributed by atoms with van der Waals surface area (Å²) < 4.78 is 0. The van der Waals surface area contributed by atoms with Crippen molar-refractivity contribution in [3.05, 3.63) is 30.2 Å². The molecule has 0 saturated carbocycles. The van der Waals surface area contributed by atoms with Crippen molar-refractivity contribution >= 4 is 17.0 Å². The van der Waals surface area contributed by atoms with Crippen LogP contribution in [0.15, 0.2) is 18.2 Å². The van der Waals surface area contributed by atoms with Crippen LogP contribution in [0.4, 0.5) is 0 Å². The Morgan fingerprint density at radius 1 is 1.23 bits per heavy atom. The molecule has 0 spiro atoms. The lowest BCUT2D eigenvalue weighted by molar-refractivity contribution is 0.403. The molecule has 0 atom stereocenters. The van der Waals surface area contributed by atoms with E-state index in [1.54, 1.807) is 6.07 Å². The number of phenols is 2. The van der Waals surface area contributed by atoms with Crippen molar-refractivity contribution in [1.29, 1.82) is 0 Å². The highest BCUT2D eigenvalue weighted by atomic mass is 79.9. The first-order valence-corrected chi connectivity index (χ1v) is 3.76. The number of nitrogens with two attached hydrogens (primary N) is 1. The molecule has 73 valence electrons. The summed E-state index contributed by atoms with van der Waals surface area (Å²) in [6, 6.07) is 4.75. The quantitative estimate of drug-likeness (QED) is 0.707. The smallest absolute Gasteiger partial charge is 0.157 e. The largest absolute Gasteiger partial charge is 0.504 e. The van der Waals surface area contributed by atoms with Crippen molar-refractivity contribution < 1.29 is 10.2 Å². The predicted molar refractivity (Wildman–Crippen MR) is 57.2 cm³/mol. The van der Waals surface area contributed by atoms with Crippen molar-refractivity contribution in [2.45, 2.75) is 6.42 Å². The summed E-state index contributed by atoms with van der Waals surface area (Å²) in [4.78, 5) is 0. The van der Waals surface area contributed by atoms with Gasteiger partial charge in [0.15, 0.2) is 11.5 Å². The Morgan fingerprint density at radius 2 is 1.92 bits per heavy atom. The fraction of sp³-hybridized carbons (Fsp3) is 0.222. The zero-order valence-corrected chi connectivity index (χ0v) is 8.82. The van der Waals surface area contributed by atoms with E-state index in [0.717, 1.165) is 5.56 Å². The van der Waals surface area contributed by atoms with Crippen LogP contribution in [-0.4, -0.2) is 16.8 Å². The summed E-state index contributed by atoms with van der Waals surface area (Å²) >= 11 is 0. The van der Waals surface area contributed by atoms with E-state index in [-0.39, 0.29) is 28.5 Å². The molecule has 0 saturated heterocycles. The van der Waals surface area contributed by atoms with Gasteiger partial charge in [0.2, 0.25) is 0 Å². The van der Waals surface area contributed by atoms with Gasteiger partial charge in [-0.1, -0.05) is 6.07 Å². The molecular weight excluding hydrogens is 234 g/mol. The lowest BCUT2D eigenvalue weighted by Gasteiger charge is -2.01. The average molecular weight is 247 g/mol. The molecule has 0 amide bonds. The average Bonchev–Trinajstić information content (AvgIpc) is 2.07. The lowest BCUT2D eigenvalue weighted by Crippen LogP contribution is -2.01. The summed E-state index contributed by atoms with van der Waals surface area (Å²) in [5, 5.41) is 18.1. The molecule has 0 aromatic heterocycles. The molecule has 4 N–H and O–H groups in total. The van der Waals surface area contributed by atoms with Crippen LogP contribution in [0.3, 0.4) is 0 Å². The van der Waals surface area contributed by atoms with E-state index in [1.165, 1.54) is 12.1 Å². The number of hydrogen-bond donors (Lipinski definition) is 3. The van der Waals surface area contributed by atoms with E-state index < -0.39 is 0 Å². The number of halogens is 1. The molecule has 0 unspecified atom stereocenters. The van der Waals surface area contributed by atoms with Crippen molar-refractivity contribution in [3.8, 4) is 11.5 Å². The summed E-state index contributed by atoms with van der Waals surface area (Å²) in [5.41, 5.74) is 6.22. The third kappa shape index (κ3) is 3.65. The Hall–Kier alpha value is -0.740. The Balaban J connectivity index is 0.00000144. The SMILES string of the molecule is Br.NC[CH]Cc1ccc(O)c(O)c1. The zero-order valence-electron chi connectivity index (χ0n) is 7.10. The molecule has 0 bridgehead atoms. The highest BCUT2D eigenvalue weighted by molar-refractivity contribution is 8.93. The molecule has 1 radical (unpaired) electrons. The van der Waals surface area contributed by atoms with Crippen molar-refractivity contribution in [2.24, 2.45) is 5.73 Å². The Labute approximate surface area is 88.0 Å². The molecule has 0 aliphatic carbocycles. The molecule has 1 aromatic carbocycles. The zero-order chi connectivity index (χ0) is 8.97. The van der Waals surface area contributed by atoms with E-state index in [4.69, 9.17) is 15.9 Å². The van der Waals surface area contributed by atoms with Crippen LogP contribution in [0.25, 0.3) is 0 Å². The van der Waals surface area contributed by atoms with Crippen LogP contribution in [-0.2, 0) is 6.42 Å². The summed E-state index contributed by atoms with van der Waals surface area (Å²) in [6.45, 7) is 0.516. The maximum absolute atomic E-state index is 9.10. The second-order valence-corrected chi connectivity index (χ2v) is 2.55. The summed E-state index contributed by atoms with van der Waals surface area (Å²) in [5.74, 6) is -0.176. The maximum atomic E-state index is 9.10. The van der Waals surface area contributed by atoms with Crippen LogP contribution >= 0.6 is 17.0 Å². The minimum Gasteiger partial charge on any atom is -0.504 e. The van der Waals surface area contributed by atoms with E-state index in [2.05, 4.69) is 0 Å². The van der Waals surface area contributed by atoms with Gasteiger partial charge in [0, 0.05) is 0 Å². The van der Waals surface area contributed by atoms with E-state index in [1.807, 2.05) is 6.42 Å². The third-order valence-corrected chi connectivity index (χ3v) is 1.59. The number of hydrogen-bond acceptors (Lipinski definition) is 3. The Bertz CT molecular complexity index is 266. The lowest BCUT2D eigenvalue weighted by atomic mass is 10.1. The maximum Gasteiger partial charge on any atom is 0.157 e. The first kappa shape index (κ1) is 12.3. The van der Waals surface area contributed by atoms with Gasteiger partial charge in [-0.25, -0.2) is 0 Å². The summed E-state index contributed by atoms with van der Waals surface area (Å²) in [6.07, 6.45) is 2.61. The number of benzene rings is 1. The molecule has 3 nitrogen and oxygen atoms in total. The highest BCUT2D eigenvalue weighted by Crippen LogP contribution is 2.25. The molecule has 0 aliphatic rings. The monoisotopic (exact) mass is 246 g/mol. The molecule has 0 heterocycles. The second kappa shape index (κ2) is 5.83. The van der Waals surface area contributed by atoms with Gasteiger partial charge in [0.1, 0.15) is 0 Å². The first-order chi connectivity index (χ1) is 5.74. The van der Waals surface area contributed by atoms with Gasteiger partial charge < -0.3 is 15.9 Å². The third-order valence-electron chi connectivity index (χ3n) is 1.59. The molecule has 0 aliphatic heterocycles. The second-order valence-electron chi connectivity index (χ2n) is 2.55. The predicted octanol–water partition coefficient (Wildman–Crippen LogP) is 1.38. The fourth-order valence-electron chi connectivity index (χ4n) is 0.946. The minimum atomic E-state index is -0.0912. The highest BCUT2D eigenvalue weighted by Gasteiger charge is 1.99. The standard InChI is InChI=1S/C9H12NO2.BrH/c10-5-1-2-7-3-4-8(11)9(12)6-7;/h1,3-4,6,11-12H,2,5,10H2;1H. The topological polar surface area (TPSA) is 66.5 Å². The molecular formula is C9H13BrNO2. The van der Waals surface area contributed by atoms with E-state index >= 15 is 0 Å². The van der Waals surface area contributed by atoms with Crippen molar-refractivity contribution in [3.63, 3.8) is 0 Å². The molecule has 13 heavy (non-hydrogen) atoms. The van der Waals surface area contributed by atoms with Crippen LogP contribution in [0.5, 0.6) is 11.5 Å². The van der Waals surface area contributed by atoms with Gasteiger partial charge >= 0.3 is 0 Å². The Morgan fingerprint density at radius 3 is 2.46 bits per heavy atom. The van der Waals surface area contributed by atoms with Crippen LogP contribution in [0, 0.1) is 6.42 Å². The Kier molecular flexibility index (Phi) is 5.50. The first-order valence-electron chi connectivity index (χ1n) is 3.76. The fourth-order valence-corrected chi connectivity index (χ4v) is 0.946. The van der Waals surface area contributed by atoms with Crippen molar-refractivity contribution in [1.82, 2.24) is 0 Å². The van der Waals surface area contributed by atoms with Crippen LogP contribution < -0.4 is 5.73 Å². The molecule has 1 rings (SSSR count). The molecule has 4 heteroatoms. The van der Waals surface area contributed by atoms with Gasteiger partial charge in [-0.2, -0.15) is 0 Å². The van der Waals surface area contributed by atoms with E-state index in [0.29, 0.717) is 13.0 Å². The van der Waals surface area contributed by atoms with Gasteiger partial charge in [0.05, 0.1) is 0 Å². The van der Waals surface area contributed by atoms with Gasteiger partial charge in [0.25, 0.3) is 0 Å². The van der Waals surface area contributed by atoms with E-state index in [9.17, 15) is 0 Å². The van der Waals surface area contributed by atoms with Gasteiger partial charge in [-0.15, -0.1) is 17.0 Å².